The molecule has 19 aliphatic rings. The van der Waals surface area contributed by atoms with Crippen LogP contribution in [-0.2, 0) is 0 Å². The molecular weight excluding hydrogens is 1190 g/mol. The summed E-state index contributed by atoms with van der Waals surface area (Å²) in [5.74, 6) is 0. The third-order valence-corrected chi connectivity index (χ3v) is 21.7. The molecular formula is C78H64N18. The Bertz CT molecular complexity index is 4840. The van der Waals surface area contributed by atoms with Crippen LogP contribution >= 0.6 is 0 Å². The van der Waals surface area contributed by atoms with Gasteiger partial charge < -0.3 is 83.3 Å². The first-order valence-corrected chi connectivity index (χ1v) is 33.4. The second kappa shape index (κ2) is 19.6. The van der Waals surface area contributed by atoms with Crippen molar-refractivity contribution in [3.63, 3.8) is 0 Å². The molecule has 0 spiro atoms. The maximum absolute atomic E-state index is 6.19. The summed E-state index contributed by atoms with van der Waals surface area (Å²) in [6.07, 6.45) is 105. The van der Waals surface area contributed by atoms with Gasteiger partial charge in [-0.2, -0.15) is 0 Å². The van der Waals surface area contributed by atoms with E-state index in [-0.39, 0.29) is 55.4 Å². The molecule has 0 radical (unpaired) electrons. The van der Waals surface area contributed by atoms with Gasteiger partial charge in [0.05, 0.1) is 69.5 Å². The molecule has 18 heteroatoms. The summed E-state index contributed by atoms with van der Waals surface area (Å²) in [7, 11) is 0. The zero-order valence-corrected chi connectivity index (χ0v) is 52.1. The van der Waals surface area contributed by atoms with Crippen LogP contribution in [0.5, 0.6) is 0 Å². The predicted molar refractivity (Wildman–Crippen MR) is 383 cm³/mol. The smallest absolute Gasteiger partial charge is 0.129 e. The highest BCUT2D eigenvalue weighted by atomic mass is 15.5. The van der Waals surface area contributed by atoms with Crippen LogP contribution in [0.3, 0.4) is 0 Å². The number of anilines is 8. The Kier molecular flexibility index (Phi) is 10.7. The summed E-state index contributed by atoms with van der Waals surface area (Å²) >= 11 is 0. The van der Waals surface area contributed by atoms with Crippen molar-refractivity contribution in [3.8, 4) is 22.3 Å². The average molecular weight is 1250 g/mol. The number of hydrogen-bond acceptors (Lipinski definition) is 18. The van der Waals surface area contributed by atoms with Crippen LogP contribution in [-0.4, -0.2) is 112 Å². The second-order valence-corrected chi connectivity index (χ2v) is 26.3. The summed E-state index contributed by atoms with van der Waals surface area (Å²) in [4.78, 5) is 48.2. The number of rotatable bonds is 7. The Balaban J connectivity index is 0.972. The minimum Gasteiger partial charge on any atom is -0.357 e. The average Bonchev–Trinajstić information content (AvgIpc) is 0.854. The van der Waals surface area contributed by atoms with E-state index in [1.54, 1.807) is 0 Å². The molecule has 18 aliphatic heterocycles. The maximum Gasteiger partial charge on any atom is 0.129 e. The quantitative estimate of drug-likeness (QED) is 0.225. The Morgan fingerprint density at radius 1 is 0.271 bits per heavy atom. The third kappa shape index (κ3) is 7.05. The van der Waals surface area contributed by atoms with E-state index in [1.165, 1.54) is 0 Å². The zero-order valence-electron chi connectivity index (χ0n) is 52.1. The van der Waals surface area contributed by atoms with Gasteiger partial charge in [0.15, 0.2) is 0 Å². The number of hydrogen-bond donors (Lipinski definition) is 0. The lowest BCUT2D eigenvalue weighted by atomic mass is 9.78. The van der Waals surface area contributed by atoms with Gasteiger partial charge in [0.2, 0.25) is 0 Å². The second-order valence-electron chi connectivity index (χ2n) is 26.3. The fraction of sp³-hybridized carbons (Fsp3) is 0.141. The van der Waals surface area contributed by atoms with Crippen LogP contribution in [0, 0.1) is 0 Å². The molecule has 0 fully saturated rings. The molecule has 3 aromatic rings. The van der Waals surface area contributed by atoms with Crippen LogP contribution in [0.1, 0.15) is 17.5 Å². The van der Waals surface area contributed by atoms with Crippen molar-refractivity contribution < 1.29 is 0 Å². The molecule has 18 heterocycles. The fourth-order valence-electron chi connectivity index (χ4n) is 17.6. The molecule has 18 nitrogen and oxygen atoms in total. The first-order chi connectivity index (χ1) is 47.7. The zero-order chi connectivity index (χ0) is 62.4. The van der Waals surface area contributed by atoms with Gasteiger partial charge in [-0.25, -0.2) is 0 Å². The van der Waals surface area contributed by atoms with E-state index in [2.05, 4.69) is 396 Å². The van der Waals surface area contributed by atoms with Crippen molar-refractivity contribution in [2.45, 2.75) is 61.8 Å². The van der Waals surface area contributed by atoms with E-state index in [0.717, 1.165) is 96.7 Å². The maximum atomic E-state index is 6.19. The third-order valence-electron chi connectivity index (χ3n) is 21.7. The molecule has 1 aliphatic carbocycles. The van der Waals surface area contributed by atoms with Gasteiger partial charge in [-0.05, 0) is 102 Å². The van der Waals surface area contributed by atoms with Crippen LogP contribution in [0.25, 0.3) is 33.6 Å². The van der Waals surface area contributed by atoms with Gasteiger partial charge in [0.1, 0.15) is 49.3 Å². The molecule has 0 N–H and O–H groups in total. The highest BCUT2D eigenvalue weighted by Gasteiger charge is 2.53. The summed E-state index contributed by atoms with van der Waals surface area (Å²) in [6.45, 7) is 0.586. The highest BCUT2D eigenvalue weighted by molar-refractivity contribution is 6.22. The minimum atomic E-state index is -0.224. The lowest BCUT2D eigenvalue weighted by molar-refractivity contribution is 0.257. The minimum absolute atomic E-state index is 0.0295. The van der Waals surface area contributed by atoms with Gasteiger partial charge in [0, 0.05) is 184 Å². The number of fused-ring (bicyclic) bond motifs is 15. The first-order valence-electron chi connectivity index (χ1n) is 33.4. The van der Waals surface area contributed by atoms with Crippen molar-refractivity contribution >= 4 is 63.1 Å². The van der Waals surface area contributed by atoms with Gasteiger partial charge in [-0.3, -0.25) is 4.99 Å². The highest BCUT2D eigenvalue weighted by Crippen LogP contribution is 2.68. The van der Waals surface area contributed by atoms with Gasteiger partial charge in [-0.15, -0.1) is 0 Å². The molecule has 466 valence electrons. The molecule has 22 rings (SSSR count). The molecule has 96 heavy (non-hydrogen) atoms. The molecule has 2 bridgehead atoms. The van der Waals surface area contributed by atoms with Gasteiger partial charge in [-0.1, -0.05) is 66.8 Å². The number of aliphatic imine (C=N–C) groups is 1. The Labute approximate surface area is 557 Å². The lowest BCUT2D eigenvalue weighted by Gasteiger charge is -2.50. The number of allylic oxidation sites excluding steroid dienone is 14. The van der Waals surface area contributed by atoms with Crippen molar-refractivity contribution in [1.82, 2.24) is 44.1 Å². The van der Waals surface area contributed by atoms with Crippen molar-refractivity contribution in [2.75, 3.05) is 45.7 Å². The van der Waals surface area contributed by atoms with E-state index in [0.29, 0.717) is 6.54 Å². The summed E-state index contributed by atoms with van der Waals surface area (Å²) in [5.41, 5.74) is 17.2. The predicted octanol–water partition coefficient (Wildman–Crippen LogP) is 12.8. The van der Waals surface area contributed by atoms with Crippen LogP contribution in [0.15, 0.2) is 312 Å². The van der Waals surface area contributed by atoms with E-state index < -0.39 is 0 Å². The largest absolute Gasteiger partial charge is 0.357 e. The molecule has 0 saturated heterocycles. The van der Waals surface area contributed by atoms with Crippen molar-refractivity contribution in [3.05, 3.63) is 318 Å². The topological polar surface area (TPSA) is 67.4 Å². The molecule has 9 atom stereocenters. The first kappa shape index (κ1) is 52.2. The number of benzene rings is 3. The van der Waals surface area contributed by atoms with E-state index in [4.69, 9.17) is 4.99 Å². The van der Waals surface area contributed by atoms with Crippen LogP contribution in [0.2, 0.25) is 0 Å². The SMILES string of the molecule is C1=CC2N(C=C1)C=CN2c1c2c(c(N3C=CN4C=CC=CC43)c(N3C=CN4C=CC=CC43)c1N1C=CN3C=CC=CC31)-c1ccccc1-c1c3c(c(N4C=CN5C=CC=CC54)c(N4C=CN5C=CC=CC54)c1N1C=CN4C=CC=CC41)N1C=CN4C=CC(CC41)N1CC=NC2=C31. The van der Waals surface area contributed by atoms with Gasteiger partial charge >= 0.3 is 0 Å². The normalized spacial score (nSPS) is 28.7. The Hall–Kier alpha value is -12.3. The molecule has 3 aromatic carbocycles. The van der Waals surface area contributed by atoms with Crippen LogP contribution in [0.4, 0.5) is 45.5 Å². The summed E-state index contributed by atoms with van der Waals surface area (Å²) in [6, 6.07) is 9.39. The van der Waals surface area contributed by atoms with E-state index in [9.17, 15) is 0 Å². The summed E-state index contributed by atoms with van der Waals surface area (Å²) in [5, 5.41) is 0. The van der Waals surface area contributed by atoms with E-state index >= 15 is 0 Å². The lowest BCUT2D eigenvalue weighted by Crippen LogP contribution is -2.50. The standard InChI is InChI=1S/C78H64N18/c1-2-18-56-55(17-1)65-67(73(91-47-39-82-30-12-5-21-59(82)91)77(94-50-42-85-33-15-8-24-62(85)94)75(92-48-40-83-31-13-6-22-60(83)92)71(65)89-45-37-80-28-10-3-19-57(80)89)69-70-68-66(56)72(90-46-38-81-29-11-4-20-58(81)90)76(93-49-41-84-32-14-7-23-61(84)93)78(95-51-43-86-34-16-9-25-63(86)95)74(68)96-52-44-87-35-26-54(53-64(87)96)88(70)36-27-79-69/h1-35,37-52,54,57-64H,36,53H2. The van der Waals surface area contributed by atoms with Crippen molar-refractivity contribution in [2.24, 2.45) is 4.99 Å². The molecule has 0 saturated carbocycles. The van der Waals surface area contributed by atoms with Crippen LogP contribution < -0.4 is 39.2 Å². The number of nitrogens with zero attached hydrogens (tertiary/aromatic N) is 18. The monoisotopic (exact) mass is 1250 g/mol. The van der Waals surface area contributed by atoms with Gasteiger partial charge in [0.25, 0.3) is 0 Å². The molecule has 0 amide bonds. The molecule has 0 aromatic heterocycles. The van der Waals surface area contributed by atoms with E-state index in [1.807, 2.05) is 0 Å². The van der Waals surface area contributed by atoms with Crippen molar-refractivity contribution in [1.29, 1.82) is 0 Å². The summed E-state index contributed by atoms with van der Waals surface area (Å²) < 4.78 is 0. The molecule has 9 unspecified atom stereocenters. The Morgan fingerprint density at radius 3 is 0.958 bits per heavy atom. The Morgan fingerprint density at radius 2 is 0.583 bits per heavy atom. The fourth-order valence-corrected chi connectivity index (χ4v) is 17.6.